The Labute approximate surface area is 172 Å². The summed E-state index contributed by atoms with van der Waals surface area (Å²) in [5.74, 6) is 0. The summed E-state index contributed by atoms with van der Waals surface area (Å²) in [6.07, 6.45) is 4.54. The van der Waals surface area contributed by atoms with Crippen molar-refractivity contribution in [1.82, 2.24) is 0 Å². The van der Waals surface area contributed by atoms with Crippen LogP contribution in [0.2, 0.25) is 0 Å². The van der Waals surface area contributed by atoms with Gasteiger partial charge in [0.25, 0.3) is 0 Å². The average molecular weight is 418 g/mol. The Kier molecular flexibility index (Phi) is 6.96. The van der Waals surface area contributed by atoms with Crippen molar-refractivity contribution >= 4 is 45.1 Å². The second-order valence-electron chi connectivity index (χ2n) is 7.75. The summed E-state index contributed by atoms with van der Waals surface area (Å²) in [4.78, 5) is 2.71. The van der Waals surface area contributed by atoms with Crippen LogP contribution in [0, 0.1) is 0 Å². The van der Waals surface area contributed by atoms with Crippen LogP contribution < -0.4 is 4.90 Å². The molecule has 28 heavy (non-hydrogen) atoms. The third-order valence-electron chi connectivity index (χ3n) is 3.93. The van der Waals surface area contributed by atoms with Crippen LogP contribution in [0.3, 0.4) is 0 Å². The van der Waals surface area contributed by atoms with E-state index in [1.54, 1.807) is 0 Å². The predicted molar refractivity (Wildman–Crippen MR) is 122 cm³/mol. The minimum absolute atomic E-state index is 0.0979. The van der Waals surface area contributed by atoms with E-state index in [-0.39, 0.29) is 5.41 Å². The van der Waals surface area contributed by atoms with Crippen LogP contribution in [0.1, 0.15) is 43.7 Å². The fraction of sp³-hybridized carbons (Fsp3) is 0.333. The summed E-state index contributed by atoms with van der Waals surface area (Å²) in [5, 5.41) is 1.03. The van der Waals surface area contributed by atoms with Gasteiger partial charge in [-0.25, -0.2) is 0 Å². The second kappa shape index (κ2) is 8.84. The predicted octanol–water partition coefficient (Wildman–Crippen LogP) is 4.95. The molecule has 2 aromatic rings. The van der Waals surface area contributed by atoms with Gasteiger partial charge in [-0.05, 0) is 41.2 Å². The fourth-order valence-electron chi connectivity index (χ4n) is 2.33. The quantitative estimate of drug-likeness (QED) is 0.625. The largest absolute Gasteiger partial charge is 0.370 e. The number of nitrogens with zero attached hydrogens (tertiary/aromatic N) is 3. The molecule has 0 N–H and O–H groups in total. The lowest BCUT2D eigenvalue weighted by atomic mass is 9.86. The van der Waals surface area contributed by atoms with Gasteiger partial charge in [0.2, 0.25) is 0 Å². The van der Waals surface area contributed by atoms with Gasteiger partial charge in [-0.15, -0.1) is 11.3 Å². The number of thiophene rings is 1. The maximum atomic E-state index is 12.0. The number of allylic oxidation sites excluding steroid dienone is 1. The first-order chi connectivity index (χ1) is 13.0. The van der Waals surface area contributed by atoms with Crippen molar-refractivity contribution < 1.29 is 8.42 Å². The Hall–Kier alpha value is -2.25. The van der Waals surface area contributed by atoms with Crippen molar-refractivity contribution in [3.8, 4) is 0 Å². The molecule has 0 fully saturated rings. The fourth-order valence-corrected chi connectivity index (χ4v) is 3.80. The molecule has 0 radical (unpaired) electrons. The first-order valence-electron chi connectivity index (χ1n) is 8.88. The maximum absolute atomic E-state index is 12.0. The first kappa shape index (κ1) is 22.0. The van der Waals surface area contributed by atoms with Gasteiger partial charge in [-0.1, -0.05) is 51.1 Å². The van der Waals surface area contributed by atoms with Crippen LogP contribution in [0.15, 0.2) is 50.8 Å². The lowest BCUT2D eigenvalue weighted by Gasteiger charge is -2.18. The van der Waals surface area contributed by atoms with Crippen LogP contribution in [0.4, 0.5) is 5.00 Å². The molecule has 1 heterocycles. The van der Waals surface area contributed by atoms with Gasteiger partial charge in [0.1, 0.15) is 0 Å². The number of hydrogen-bond acceptors (Lipinski definition) is 4. The smallest absolute Gasteiger partial charge is 0.362 e. The zero-order valence-corrected chi connectivity index (χ0v) is 18.8. The van der Waals surface area contributed by atoms with Crippen LogP contribution in [-0.4, -0.2) is 34.9 Å². The average Bonchev–Trinajstić information content (AvgIpc) is 3.08. The highest BCUT2D eigenvalue weighted by Crippen LogP contribution is 2.23. The van der Waals surface area contributed by atoms with E-state index in [0.717, 1.165) is 21.0 Å². The molecule has 0 spiro atoms. The molecule has 0 aliphatic carbocycles. The lowest BCUT2D eigenvalue weighted by Crippen LogP contribution is -2.10. The Morgan fingerprint density at radius 2 is 1.68 bits per heavy atom. The zero-order valence-electron chi connectivity index (χ0n) is 17.2. The van der Waals surface area contributed by atoms with Crippen LogP contribution in [-0.2, 0) is 15.6 Å². The van der Waals surface area contributed by atoms with Gasteiger partial charge < -0.3 is 4.90 Å². The van der Waals surface area contributed by atoms with Crippen molar-refractivity contribution in [3.05, 3.63) is 58.0 Å². The van der Waals surface area contributed by atoms with Gasteiger partial charge in [-0.2, -0.15) is 17.2 Å². The normalized spacial score (nSPS) is 13.6. The Balaban J connectivity index is 2.07. The third kappa shape index (κ3) is 6.73. The highest BCUT2D eigenvalue weighted by molar-refractivity contribution is 7.89. The van der Waals surface area contributed by atoms with Crippen molar-refractivity contribution in [3.63, 3.8) is 0 Å². The molecule has 0 amide bonds. The van der Waals surface area contributed by atoms with E-state index in [2.05, 4.69) is 41.7 Å². The van der Waals surface area contributed by atoms with Crippen LogP contribution in [0.5, 0.6) is 0 Å². The molecule has 7 heteroatoms. The van der Waals surface area contributed by atoms with E-state index in [9.17, 15) is 8.42 Å². The zero-order chi connectivity index (χ0) is 20.9. The molecule has 0 unspecified atom stereocenters. The lowest BCUT2D eigenvalue weighted by molar-refractivity contribution is 0.590. The van der Waals surface area contributed by atoms with Crippen molar-refractivity contribution in [2.75, 3.05) is 19.0 Å². The summed E-state index contributed by atoms with van der Waals surface area (Å²) in [6.45, 7) is 8.30. The standard InChI is InChI=1S/C21H27N3O2S2/c1-16(13-17-7-9-18(10-8-17)21(2,3)4)14-22-28(25,26)23-15-19-11-12-20(27-19)24(5)6/h7-15H,1-6H3. The van der Waals surface area contributed by atoms with Crippen molar-refractivity contribution in [2.45, 2.75) is 33.1 Å². The minimum atomic E-state index is -3.91. The van der Waals surface area contributed by atoms with E-state index in [1.807, 2.05) is 56.3 Å². The summed E-state index contributed by atoms with van der Waals surface area (Å²) < 4.78 is 31.3. The van der Waals surface area contributed by atoms with E-state index in [1.165, 1.54) is 29.3 Å². The highest BCUT2D eigenvalue weighted by Gasteiger charge is 2.12. The summed E-state index contributed by atoms with van der Waals surface area (Å²) >= 11 is 1.46. The van der Waals surface area contributed by atoms with Gasteiger partial charge in [-0.3, -0.25) is 0 Å². The monoisotopic (exact) mass is 417 g/mol. The Morgan fingerprint density at radius 3 is 2.21 bits per heavy atom. The Bertz CT molecular complexity index is 991. The van der Waals surface area contributed by atoms with Crippen LogP contribution in [0.25, 0.3) is 6.08 Å². The molecule has 0 aliphatic heterocycles. The van der Waals surface area contributed by atoms with Gasteiger partial charge in [0.15, 0.2) is 0 Å². The van der Waals surface area contributed by atoms with Crippen LogP contribution >= 0.6 is 11.3 Å². The number of anilines is 1. The SMILES string of the molecule is CC(C=NS(=O)(=O)N=Cc1ccc(N(C)C)s1)=Cc1ccc(C(C)(C)C)cc1. The molecule has 150 valence electrons. The molecular formula is C21H27N3O2S2. The number of rotatable bonds is 6. The molecule has 1 aromatic carbocycles. The molecule has 0 saturated heterocycles. The van der Waals surface area contributed by atoms with Crippen molar-refractivity contribution in [2.24, 2.45) is 8.80 Å². The first-order valence-corrected chi connectivity index (χ1v) is 11.1. The summed E-state index contributed by atoms with van der Waals surface area (Å²) in [5.41, 5.74) is 3.07. The highest BCUT2D eigenvalue weighted by atomic mass is 32.2. The van der Waals surface area contributed by atoms with Crippen molar-refractivity contribution in [1.29, 1.82) is 0 Å². The number of benzene rings is 1. The third-order valence-corrected chi connectivity index (χ3v) is 5.86. The molecule has 0 saturated carbocycles. The molecule has 0 bridgehead atoms. The van der Waals surface area contributed by atoms with E-state index >= 15 is 0 Å². The second-order valence-corrected chi connectivity index (χ2v) is 10.2. The van der Waals surface area contributed by atoms with E-state index < -0.39 is 10.2 Å². The summed E-state index contributed by atoms with van der Waals surface area (Å²) in [7, 11) is -0.0528. The molecule has 5 nitrogen and oxygen atoms in total. The molecular weight excluding hydrogens is 390 g/mol. The molecule has 2 rings (SSSR count). The summed E-state index contributed by atoms with van der Waals surface area (Å²) in [6, 6.07) is 11.9. The van der Waals surface area contributed by atoms with E-state index in [4.69, 9.17) is 0 Å². The van der Waals surface area contributed by atoms with Gasteiger partial charge >= 0.3 is 10.2 Å². The molecule has 1 aromatic heterocycles. The minimum Gasteiger partial charge on any atom is -0.370 e. The van der Waals surface area contributed by atoms with E-state index in [0.29, 0.717) is 0 Å². The Morgan fingerprint density at radius 1 is 1.04 bits per heavy atom. The molecule has 0 atom stereocenters. The van der Waals surface area contributed by atoms with Gasteiger partial charge in [0, 0.05) is 25.2 Å². The molecule has 0 aliphatic rings. The van der Waals surface area contributed by atoms with Gasteiger partial charge in [0.05, 0.1) is 11.2 Å². The number of hydrogen-bond donors (Lipinski definition) is 0. The topological polar surface area (TPSA) is 62.1 Å². The maximum Gasteiger partial charge on any atom is 0.362 e.